The molecule has 0 amide bonds. The molecule has 112 valence electrons. The van der Waals surface area contributed by atoms with E-state index in [4.69, 9.17) is 5.41 Å². The molecule has 0 saturated heterocycles. The molecule has 2 heterocycles. The second-order valence-corrected chi connectivity index (χ2v) is 5.07. The first kappa shape index (κ1) is 15.6. The average Bonchev–Trinajstić information content (AvgIpc) is 2.49. The van der Waals surface area contributed by atoms with E-state index < -0.39 is 0 Å². The molecular weight excluding hydrogens is 274 g/mol. The van der Waals surface area contributed by atoms with Gasteiger partial charge >= 0.3 is 0 Å². The zero-order chi connectivity index (χ0) is 16.3. The highest BCUT2D eigenvalue weighted by Crippen LogP contribution is 2.27. The van der Waals surface area contributed by atoms with E-state index in [9.17, 15) is 0 Å². The van der Waals surface area contributed by atoms with Crippen LogP contribution in [0.2, 0.25) is 0 Å². The minimum atomic E-state index is 0.294. The van der Waals surface area contributed by atoms with Gasteiger partial charge in [-0.25, -0.2) is 15.0 Å². The van der Waals surface area contributed by atoms with Crippen LogP contribution in [-0.4, -0.2) is 20.7 Å². The summed E-state index contributed by atoms with van der Waals surface area (Å²) in [7, 11) is 0. The van der Waals surface area contributed by atoms with Crippen LogP contribution in [-0.2, 0) is 0 Å². The van der Waals surface area contributed by atoms with Crippen LogP contribution >= 0.6 is 0 Å². The molecule has 5 heteroatoms. The van der Waals surface area contributed by atoms with Crippen molar-refractivity contribution in [3.8, 4) is 11.3 Å². The summed E-state index contributed by atoms with van der Waals surface area (Å²) in [6, 6.07) is 1.94. The van der Waals surface area contributed by atoms with Crippen molar-refractivity contribution in [2.75, 3.05) is 5.32 Å². The number of anilines is 1. The molecule has 0 fully saturated rings. The van der Waals surface area contributed by atoms with E-state index in [2.05, 4.69) is 33.4 Å². The van der Waals surface area contributed by atoms with Gasteiger partial charge in [0.05, 0.1) is 17.1 Å². The molecule has 2 aromatic rings. The number of pyridine rings is 1. The summed E-state index contributed by atoms with van der Waals surface area (Å²) in [6.45, 7) is 13.1. The summed E-state index contributed by atoms with van der Waals surface area (Å²) in [5, 5.41) is 11.3. The predicted molar refractivity (Wildman–Crippen MR) is 90.2 cm³/mol. The Labute approximate surface area is 130 Å². The van der Waals surface area contributed by atoms with Crippen LogP contribution in [0.15, 0.2) is 43.4 Å². The average molecular weight is 293 g/mol. The minimum absolute atomic E-state index is 0.294. The van der Waals surface area contributed by atoms with Crippen LogP contribution < -0.4 is 5.32 Å². The van der Waals surface area contributed by atoms with Gasteiger partial charge in [-0.15, -0.1) is 0 Å². The van der Waals surface area contributed by atoms with Crippen molar-refractivity contribution in [2.24, 2.45) is 0 Å². The maximum Gasteiger partial charge on any atom is 0.125 e. The van der Waals surface area contributed by atoms with E-state index in [0.29, 0.717) is 22.8 Å². The molecule has 5 nitrogen and oxygen atoms in total. The lowest BCUT2D eigenvalue weighted by Gasteiger charge is -2.15. The van der Waals surface area contributed by atoms with Gasteiger partial charge in [0.25, 0.3) is 0 Å². The standard InChI is InChI=1S/C17H19N5/c1-6-19-16-11(4)7-14(13-8-20-12(5)21-9-13)22-17(16)15(18)10(2)3/h6-9,18-19H,1-2H2,3-5H3. The summed E-state index contributed by atoms with van der Waals surface area (Å²) < 4.78 is 0. The number of aryl methyl sites for hydroxylation is 2. The number of hydrogen-bond donors (Lipinski definition) is 2. The fourth-order valence-electron chi connectivity index (χ4n) is 2.01. The first-order chi connectivity index (χ1) is 10.4. The Balaban J connectivity index is 2.63. The molecule has 2 rings (SSSR count). The Bertz CT molecular complexity index is 744. The number of nitrogens with one attached hydrogen (secondary N) is 2. The smallest absolute Gasteiger partial charge is 0.125 e. The minimum Gasteiger partial charge on any atom is -0.360 e. The zero-order valence-corrected chi connectivity index (χ0v) is 13.1. The zero-order valence-electron chi connectivity index (χ0n) is 13.1. The first-order valence-corrected chi connectivity index (χ1v) is 6.87. The van der Waals surface area contributed by atoms with Crippen LogP contribution in [0.25, 0.3) is 11.3 Å². The number of aromatic nitrogens is 3. The fourth-order valence-corrected chi connectivity index (χ4v) is 2.01. The van der Waals surface area contributed by atoms with E-state index in [0.717, 1.165) is 22.5 Å². The van der Waals surface area contributed by atoms with E-state index in [1.54, 1.807) is 25.5 Å². The van der Waals surface area contributed by atoms with Crippen molar-refractivity contribution < 1.29 is 0 Å². The van der Waals surface area contributed by atoms with Crippen molar-refractivity contribution in [1.82, 2.24) is 15.0 Å². The van der Waals surface area contributed by atoms with E-state index in [-0.39, 0.29) is 0 Å². The van der Waals surface area contributed by atoms with Gasteiger partial charge in [0, 0.05) is 18.0 Å². The third kappa shape index (κ3) is 3.09. The highest BCUT2D eigenvalue weighted by Gasteiger charge is 2.15. The SMILES string of the molecule is C=CNc1c(C)cc(-c2cnc(C)nc2)nc1C(=N)C(=C)C. The van der Waals surface area contributed by atoms with Crippen LogP contribution in [0.4, 0.5) is 5.69 Å². The van der Waals surface area contributed by atoms with Crippen molar-refractivity contribution in [3.63, 3.8) is 0 Å². The Morgan fingerprint density at radius 3 is 2.45 bits per heavy atom. The maximum absolute atomic E-state index is 8.23. The molecule has 22 heavy (non-hydrogen) atoms. The summed E-state index contributed by atoms with van der Waals surface area (Å²) >= 11 is 0. The number of rotatable bonds is 5. The van der Waals surface area contributed by atoms with Gasteiger partial charge < -0.3 is 5.32 Å². The van der Waals surface area contributed by atoms with Crippen LogP contribution in [0.3, 0.4) is 0 Å². The monoisotopic (exact) mass is 293 g/mol. The van der Waals surface area contributed by atoms with Gasteiger partial charge in [0.1, 0.15) is 11.5 Å². The lowest BCUT2D eigenvalue weighted by Crippen LogP contribution is -2.09. The Morgan fingerprint density at radius 2 is 1.91 bits per heavy atom. The van der Waals surface area contributed by atoms with E-state index in [1.807, 2.05) is 19.9 Å². The number of allylic oxidation sites excluding steroid dienone is 1. The van der Waals surface area contributed by atoms with Gasteiger partial charge in [-0.05, 0) is 44.2 Å². The Morgan fingerprint density at radius 1 is 1.27 bits per heavy atom. The quantitative estimate of drug-likeness (QED) is 0.825. The molecule has 0 aromatic carbocycles. The molecule has 0 aliphatic carbocycles. The Kier molecular flexibility index (Phi) is 4.46. The molecule has 0 unspecified atom stereocenters. The number of nitrogens with zero attached hydrogens (tertiary/aromatic N) is 3. The first-order valence-electron chi connectivity index (χ1n) is 6.87. The lowest BCUT2D eigenvalue weighted by molar-refractivity contribution is 1.05. The molecule has 0 aliphatic rings. The number of hydrogen-bond acceptors (Lipinski definition) is 5. The summed E-state index contributed by atoms with van der Waals surface area (Å²) in [6.07, 6.45) is 5.05. The molecule has 0 atom stereocenters. The summed E-state index contributed by atoms with van der Waals surface area (Å²) in [5.41, 5.74) is 4.76. The molecule has 2 aromatic heterocycles. The molecule has 0 aliphatic heterocycles. The second kappa shape index (κ2) is 6.30. The van der Waals surface area contributed by atoms with Crippen LogP contribution in [0.5, 0.6) is 0 Å². The molecular formula is C17H19N5. The van der Waals surface area contributed by atoms with Crippen molar-refractivity contribution in [2.45, 2.75) is 20.8 Å². The van der Waals surface area contributed by atoms with Gasteiger partial charge in [-0.3, -0.25) is 5.41 Å². The third-order valence-electron chi connectivity index (χ3n) is 3.20. The second-order valence-electron chi connectivity index (χ2n) is 5.07. The third-order valence-corrected chi connectivity index (χ3v) is 3.20. The predicted octanol–water partition coefficient (Wildman–Crippen LogP) is 3.65. The fraction of sp³-hybridized carbons (Fsp3) is 0.176. The van der Waals surface area contributed by atoms with Crippen molar-refractivity contribution in [3.05, 3.63) is 60.5 Å². The largest absolute Gasteiger partial charge is 0.360 e. The summed E-state index contributed by atoms with van der Waals surface area (Å²) in [5.74, 6) is 0.709. The van der Waals surface area contributed by atoms with E-state index >= 15 is 0 Å². The van der Waals surface area contributed by atoms with Crippen molar-refractivity contribution in [1.29, 1.82) is 5.41 Å². The van der Waals surface area contributed by atoms with E-state index in [1.165, 1.54) is 0 Å². The molecule has 2 N–H and O–H groups in total. The van der Waals surface area contributed by atoms with Gasteiger partial charge in [-0.2, -0.15) is 0 Å². The topological polar surface area (TPSA) is 74.6 Å². The molecule has 0 bridgehead atoms. The molecule has 0 spiro atoms. The summed E-state index contributed by atoms with van der Waals surface area (Å²) in [4.78, 5) is 13.0. The maximum atomic E-state index is 8.23. The Hall–Kier alpha value is -2.82. The van der Waals surface area contributed by atoms with Gasteiger partial charge in [0.15, 0.2) is 0 Å². The van der Waals surface area contributed by atoms with Crippen LogP contribution in [0.1, 0.15) is 24.0 Å². The highest BCUT2D eigenvalue weighted by molar-refractivity contribution is 6.12. The normalized spacial score (nSPS) is 10.1. The van der Waals surface area contributed by atoms with Crippen molar-refractivity contribution >= 4 is 11.4 Å². The highest BCUT2D eigenvalue weighted by atomic mass is 14.9. The molecule has 0 radical (unpaired) electrons. The van der Waals surface area contributed by atoms with Gasteiger partial charge in [0.2, 0.25) is 0 Å². The molecule has 0 saturated carbocycles. The lowest BCUT2D eigenvalue weighted by atomic mass is 10.0. The van der Waals surface area contributed by atoms with Crippen LogP contribution in [0, 0.1) is 19.3 Å². The van der Waals surface area contributed by atoms with Gasteiger partial charge in [-0.1, -0.05) is 13.2 Å².